The van der Waals surface area contributed by atoms with Crippen LogP contribution in [0.25, 0.3) is 0 Å². The first-order valence-corrected chi connectivity index (χ1v) is 6.93. The van der Waals surface area contributed by atoms with Crippen molar-refractivity contribution >= 4 is 24.2 Å². The summed E-state index contributed by atoms with van der Waals surface area (Å²) >= 11 is 0. The summed E-state index contributed by atoms with van der Waals surface area (Å²) in [6.07, 6.45) is 0. The van der Waals surface area contributed by atoms with Crippen LogP contribution in [-0.4, -0.2) is 31.4 Å². The van der Waals surface area contributed by atoms with E-state index in [2.05, 4.69) is 0 Å². The number of anilines is 1. The second kappa shape index (κ2) is 5.03. The molecule has 0 radical (unpaired) electrons. The molecule has 0 saturated carbocycles. The van der Waals surface area contributed by atoms with Gasteiger partial charge in [0.2, 0.25) is 0 Å². The van der Waals surface area contributed by atoms with E-state index in [4.69, 9.17) is 19.8 Å². The lowest BCUT2D eigenvalue weighted by Gasteiger charge is -2.32. The smallest absolute Gasteiger partial charge is 0.465 e. The predicted molar refractivity (Wildman–Crippen MR) is 82.6 cm³/mol. The van der Waals surface area contributed by atoms with Crippen LogP contribution in [0.3, 0.4) is 0 Å². The molecule has 5 nitrogen and oxygen atoms in total. The molecular weight excluding hydrogens is 269 g/mol. The predicted octanol–water partition coefficient (Wildman–Crippen LogP) is 1.66. The minimum absolute atomic E-state index is 0.394. The Balaban J connectivity index is 2.46. The van der Waals surface area contributed by atoms with Gasteiger partial charge in [-0.05, 0) is 57.8 Å². The molecule has 114 valence electrons. The van der Waals surface area contributed by atoms with Crippen molar-refractivity contribution in [1.29, 1.82) is 0 Å². The van der Waals surface area contributed by atoms with Gasteiger partial charge in [-0.2, -0.15) is 0 Å². The molecule has 1 heterocycles. The van der Waals surface area contributed by atoms with Gasteiger partial charge in [0.05, 0.1) is 23.9 Å². The van der Waals surface area contributed by atoms with Gasteiger partial charge in [0, 0.05) is 5.69 Å². The Labute approximate surface area is 125 Å². The maximum Gasteiger partial charge on any atom is 0.495 e. The maximum absolute atomic E-state index is 11.7. The number of rotatable bonds is 2. The Morgan fingerprint density at radius 1 is 1.19 bits per heavy atom. The molecule has 0 spiro atoms. The van der Waals surface area contributed by atoms with Crippen LogP contribution in [0.1, 0.15) is 43.6 Å². The fourth-order valence-electron chi connectivity index (χ4n) is 2.21. The number of nitrogen functional groups attached to an aromatic ring is 1. The average Bonchev–Trinajstić information content (AvgIpc) is 2.60. The SMILES string of the molecule is COC(=O)c1cc(N)c(C)c(B2OC(C)(C)C(C)(C)O2)c1. The molecule has 0 aliphatic carbocycles. The summed E-state index contributed by atoms with van der Waals surface area (Å²) < 4.78 is 16.8. The minimum atomic E-state index is -0.554. The van der Waals surface area contributed by atoms with Crippen LogP contribution >= 0.6 is 0 Å². The number of hydrogen-bond donors (Lipinski definition) is 1. The molecule has 1 aliphatic rings. The van der Waals surface area contributed by atoms with Gasteiger partial charge in [-0.15, -0.1) is 0 Å². The summed E-state index contributed by atoms with van der Waals surface area (Å²) in [4.78, 5) is 11.7. The second-order valence-electron chi connectivity index (χ2n) is 6.36. The lowest BCUT2D eigenvalue weighted by Crippen LogP contribution is -2.41. The molecule has 2 N–H and O–H groups in total. The molecule has 0 atom stereocenters. The van der Waals surface area contributed by atoms with Crippen molar-refractivity contribution in [2.24, 2.45) is 0 Å². The normalized spacial score (nSPS) is 19.6. The quantitative estimate of drug-likeness (QED) is 0.510. The zero-order valence-corrected chi connectivity index (χ0v) is 13.4. The molecule has 6 heteroatoms. The zero-order chi connectivity index (χ0) is 16.0. The molecule has 1 aromatic carbocycles. The molecule has 1 saturated heterocycles. The van der Waals surface area contributed by atoms with Crippen molar-refractivity contribution in [2.45, 2.75) is 45.8 Å². The number of methoxy groups -OCH3 is 1. The number of nitrogens with two attached hydrogens (primary N) is 1. The first-order chi connectivity index (χ1) is 9.59. The van der Waals surface area contributed by atoms with E-state index in [0.29, 0.717) is 11.3 Å². The van der Waals surface area contributed by atoms with E-state index < -0.39 is 24.3 Å². The van der Waals surface area contributed by atoms with Crippen LogP contribution in [-0.2, 0) is 14.0 Å². The van der Waals surface area contributed by atoms with Crippen molar-refractivity contribution in [3.63, 3.8) is 0 Å². The molecule has 1 aliphatic heterocycles. The Hall–Kier alpha value is -1.53. The highest BCUT2D eigenvalue weighted by molar-refractivity contribution is 6.63. The largest absolute Gasteiger partial charge is 0.495 e. The third-order valence-corrected chi connectivity index (χ3v) is 4.42. The van der Waals surface area contributed by atoms with Gasteiger partial charge >= 0.3 is 13.1 Å². The fourth-order valence-corrected chi connectivity index (χ4v) is 2.21. The van der Waals surface area contributed by atoms with E-state index >= 15 is 0 Å². The molecule has 0 bridgehead atoms. The molecular formula is C15H22BNO4. The number of carbonyl (C=O) groups is 1. The standard InChI is InChI=1S/C15H22BNO4/c1-9-11(7-10(8-12(9)17)13(18)19-6)16-20-14(2,3)15(4,5)21-16/h7-8H,17H2,1-6H3. The summed E-state index contributed by atoms with van der Waals surface area (Å²) in [6.45, 7) is 9.81. The van der Waals surface area contributed by atoms with Crippen LogP contribution in [0.2, 0.25) is 0 Å². The molecule has 21 heavy (non-hydrogen) atoms. The van der Waals surface area contributed by atoms with E-state index in [-0.39, 0.29) is 0 Å². The zero-order valence-electron chi connectivity index (χ0n) is 13.4. The highest BCUT2D eigenvalue weighted by Crippen LogP contribution is 2.37. The molecule has 2 rings (SSSR count). The highest BCUT2D eigenvalue weighted by Gasteiger charge is 2.52. The molecule has 0 amide bonds. The van der Waals surface area contributed by atoms with E-state index in [9.17, 15) is 4.79 Å². The molecule has 0 unspecified atom stereocenters. The summed E-state index contributed by atoms with van der Waals surface area (Å²) in [5.41, 5.74) is 7.63. The van der Waals surface area contributed by atoms with Crippen LogP contribution in [0.15, 0.2) is 12.1 Å². The minimum Gasteiger partial charge on any atom is -0.465 e. The van der Waals surface area contributed by atoms with Crippen LogP contribution in [0.4, 0.5) is 5.69 Å². The van der Waals surface area contributed by atoms with Crippen molar-refractivity contribution in [2.75, 3.05) is 12.8 Å². The Kier molecular flexibility index (Phi) is 3.80. The number of hydrogen-bond acceptors (Lipinski definition) is 5. The first-order valence-electron chi connectivity index (χ1n) is 6.93. The van der Waals surface area contributed by atoms with Crippen LogP contribution < -0.4 is 11.2 Å². The third-order valence-electron chi connectivity index (χ3n) is 4.42. The van der Waals surface area contributed by atoms with Crippen LogP contribution in [0, 0.1) is 6.92 Å². The molecule has 0 aromatic heterocycles. The van der Waals surface area contributed by atoms with E-state index in [1.54, 1.807) is 12.1 Å². The van der Waals surface area contributed by atoms with Gasteiger partial charge in [-0.25, -0.2) is 4.79 Å². The summed E-state index contributed by atoms with van der Waals surface area (Å²) in [5, 5.41) is 0. The Bertz CT molecular complexity index is 567. The van der Waals surface area contributed by atoms with Gasteiger partial charge in [0.15, 0.2) is 0 Å². The Morgan fingerprint density at radius 2 is 1.71 bits per heavy atom. The van der Waals surface area contributed by atoms with Gasteiger partial charge in [0.1, 0.15) is 0 Å². The molecule has 1 fully saturated rings. The van der Waals surface area contributed by atoms with E-state index in [0.717, 1.165) is 11.0 Å². The Morgan fingerprint density at radius 3 is 2.19 bits per heavy atom. The summed E-state index contributed by atoms with van der Waals surface area (Å²) in [5.74, 6) is -0.431. The van der Waals surface area contributed by atoms with E-state index in [1.165, 1.54) is 7.11 Å². The maximum atomic E-state index is 11.7. The van der Waals surface area contributed by atoms with Gasteiger partial charge < -0.3 is 19.8 Å². The first kappa shape index (κ1) is 15.9. The van der Waals surface area contributed by atoms with Crippen molar-refractivity contribution in [3.8, 4) is 0 Å². The number of esters is 1. The number of ether oxygens (including phenoxy) is 1. The number of carbonyl (C=O) groups excluding carboxylic acids is 1. The number of benzene rings is 1. The van der Waals surface area contributed by atoms with Crippen LogP contribution in [0.5, 0.6) is 0 Å². The fraction of sp³-hybridized carbons (Fsp3) is 0.533. The highest BCUT2D eigenvalue weighted by atomic mass is 16.7. The summed E-state index contributed by atoms with van der Waals surface area (Å²) in [6, 6.07) is 3.33. The van der Waals surface area contributed by atoms with E-state index in [1.807, 2.05) is 34.6 Å². The average molecular weight is 291 g/mol. The topological polar surface area (TPSA) is 70.8 Å². The lowest BCUT2D eigenvalue weighted by atomic mass is 9.75. The summed E-state index contributed by atoms with van der Waals surface area (Å²) in [7, 11) is 0.786. The van der Waals surface area contributed by atoms with Crippen molar-refractivity contribution in [1.82, 2.24) is 0 Å². The third kappa shape index (κ3) is 2.65. The lowest BCUT2D eigenvalue weighted by molar-refractivity contribution is 0.00578. The van der Waals surface area contributed by atoms with Gasteiger partial charge in [0.25, 0.3) is 0 Å². The van der Waals surface area contributed by atoms with Gasteiger partial charge in [-0.3, -0.25) is 0 Å². The molecule has 1 aromatic rings. The second-order valence-corrected chi connectivity index (χ2v) is 6.36. The monoisotopic (exact) mass is 291 g/mol. The van der Waals surface area contributed by atoms with Crippen molar-refractivity contribution in [3.05, 3.63) is 23.3 Å². The van der Waals surface area contributed by atoms with Gasteiger partial charge in [-0.1, -0.05) is 0 Å². The van der Waals surface area contributed by atoms with Crippen molar-refractivity contribution < 1.29 is 18.8 Å².